The van der Waals surface area contributed by atoms with Crippen molar-refractivity contribution < 1.29 is 8.81 Å². The van der Waals surface area contributed by atoms with Crippen LogP contribution < -0.4 is 5.32 Å². The number of imidazole rings is 1. The third kappa shape index (κ3) is 4.92. The molecule has 3 aromatic rings. The molecule has 1 aromatic carbocycles. The number of hydrogen-bond donors (Lipinski definition) is 2. The molecule has 3 rings (SSSR count). The minimum Gasteiger partial charge on any atom is -0.340 e. The second-order valence-electron chi connectivity index (χ2n) is 4.74. The van der Waals surface area contributed by atoms with Crippen LogP contribution in [0.1, 0.15) is 0 Å². The van der Waals surface area contributed by atoms with E-state index < -0.39 is 7.44 Å². The molecule has 2 N–H and O–H groups in total. The Bertz CT molecular complexity index is 980. The van der Waals surface area contributed by atoms with Gasteiger partial charge < -0.3 is 10.3 Å². The van der Waals surface area contributed by atoms with Gasteiger partial charge in [0.2, 0.25) is 0 Å². The summed E-state index contributed by atoms with van der Waals surface area (Å²) in [6.45, 7) is 0. The van der Waals surface area contributed by atoms with Crippen molar-refractivity contribution >= 4 is 85.7 Å². The van der Waals surface area contributed by atoms with Crippen LogP contribution in [0.3, 0.4) is 0 Å². The van der Waals surface area contributed by atoms with Gasteiger partial charge in [-0.1, -0.05) is 11.6 Å². The molecule has 142 valence electrons. The summed E-state index contributed by atoms with van der Waals surface area (Å²) in [5.74, 6) is 0.336. The molecule has 15 heteroatoms. The van der Waals surface area contributed by atoms with Crippen molar-refractivity contribution in [2.24, 2.45) is 0 Å². The van der Waals surface area contributed by atoms with E-state index in [-0.39, 0.29) is 27.4 Å². The van der Waals surface area contributed by atoms with Gasteiger partial charge in [0.1, 0.15) is 9.85 Å². The monoisotopic (exact) mass is 513 g/mol. The van der Waals surface area contributed by atoms with Crippen molar-refractivity contribution in [3.8, 4) is 0 Å². The Hall–Kier alpha value is -1.38. The molecule has 2 heterocycles. The number of hydrogen-bond acceptors (Lipinski definition) is 9. The molecule has 1 unspecified atom stereocenters. The molecule has 0 aliphatic carbocycles. The fourth-order valence-corrected chi connectivity index (χ4v) is 4.38. The van der Waals surface area contributed by atoms with Crippen LogP contribution in [-0.2, 0) is 0 Å². The lowest BCUT2D eigenvalue weighted by Gasteiger charge is -2.20. The average Bonchev–Trinajstić information content (AvgIpc) is 3.04. The van der Waals surface area contributed by atoms with Crippen LogP contribution >= 0.6 is 63.0 Å². The quantitative estimate of drug-likeness (QED) is 0.0510. The molecule has 27 heavy (non-hydrogen) atoms. The van der Waals surface area contributed by atoms with E-state index >= 15 is 0 Å². The summed E-state index contributed by atoms with van der Waals surface area (Å²) < 4.78 is 10.5. The van der Waals surface area contributed by atoms with Gasteiger partial charge in [0.05, 0.1) is 6.33 Å². The molecule has 0 aliphatic heterocycles. The molecule has 0 spiro atoms. The van der Waals surface area contributed by atoms with Crippen LogP contribution in [0, 0.1) is 10.1 Å². The van der Waals surface area contributed by atoms with E-state index in [0.717, 1.165) is 0 Å². The molecule has 0 bridgehead atoms. The topological polar surface area (TPSA) is 113 Å². The molecule has 0 saturated heterocycles. The zero-order valence-corrected chi connectivity index (χ0v) is 17.5. The lowest BCUT2D eigenvalue weighted by Crippen LogP contribution is -2.26. The molecule has 0 saturated carbocycles. The number of nitro groups is 1. The largest absolute Gasteiger partial charge is 0.340 e. The summed E-state index contributed by atoms with van der Waals surface area (Å²) in [5, 5.41) is 14.4. The maximum atomic E-state index is 13.6. The number of anilines is 2. The lowest BCUT2D eigenvalue weighted by molar-refractivity contribution is -0.286. The van der Waals surface area contributed by atoms with Crippen molar-refractivity contribution in [1.29, 1.82) is 0 Å². The van der Waals surface area contributed by atoms with Crippen LogP contribution in [0.15, 0.2) is 35.7 Å². The SMILES string of the molecule is O=[N+]([O-])SC(Br)(Sc1nc(Nc2ccc(Cl)cc2)c2[nH]cnc2n1)N(F)Cl. The number of nitrogens with one attached hydrogen (secondary N) is 2. The predicted octanol–water partition coefficient (Wildman–Crippen LogP) is 5.11. The number of nitrogens with zero attached hydrogens (tertiary/aromatic N) is 5. The summed E-state index contributed by atoms with van der Waals surface area (Å²) in [6.07, 6.45) is 1.41. The summed E-state index contributed by atoms with van der Waals surface area (Å²) in [6, 6.07) is 6.85. The Morgan fingerprint density at radius 2 is 2.07 bits per heavy atom. The Labute approximate surface area is 177 Å². The Kier molecular flexibility index (Phi) is 6.28. The first-order valence-electron chi connectivity index (χ1n) is 6.84. The Morgan fingerprint density at radius 3 is 2.70 bits per heavy atom. The van der Waals surface area contributed by atoms with Crippen molar-refractivity contribution in [3.63, 3.8) is 0 Å². The number of rotatable bonds is 7. The van der Waals surface area contributed by atoms with Gasteiger partial charge in [0.15, 0.2) is 16.6 Å². The standard InChI is InChI=1S/C12H7BrCl2FN7O2S2/c13-12(22(15)16,27-23(24)25)26-11-20-9-8(17-5-18-9)10(21-11)19-7-3-1-6(14)2-4-7/h1-5H,(H2,17,18,19,20,21). The second kappa shape index (κ2) is 8.32. The molecule has 0 amide bonds. The minimum atomic E-state index is -1.99. The van der Waals surface area contributed by atoms with Crippen LogP contribution in [0.5, 0.6) is 0 Å². The number of H-pyrrole nitrogens is 1. The van der Waals surface area contributed by atoms with Gasteiger partial charge in [-0.15, -0.1) is 4.48 Å². The zero-order chi connectivity index (χ0) is 19.6. The van der Waals surface area contributed by atoms with Gasteiger partial charge in [0, 0.05) is 22.5 Å². The summed E-state index contributed by atoms with van der Waals surface area (Å²) >= 11 is 14.7. The molecule has 1 atom stereocenters. The normalized spacial score (nSPS) is 13.7. The van der Waals surface area contributed by atoms with Crippen LogP contribution in [0.25, 0.3) is 11.2 Å². The van der Waals surface area contributed by atoms with Crippen molar-refractivity contribution in [1.82, 2.24) is 24.6 Å². The van der Waals surface area contributed by atoms with Crippen LogP contribution in [0.2, 0.25) is 5.02 Å². The van der Waals surface area contributed by atoms with Gasteiger partial charge in [-0.2, -0.15) is 0 Å². The Balaban J connectivity index is 1.97. The maximum absolute atomic E-state index is 13.6. The zero-order valence-electron chi connectivity index (χ0n) is 12.8. The number of alkyl halides is 1. The average molecular weight is 515 g/mol. The molecule has 0 fully saturated rings. The number of aromatic nitrogens is 4. The smallest absolute Gasteiger partial charge is 0.289 e. The number of benzene rings is 1. The van der Waals surface area contributed by atoms with E-state index in [1.54, 1.807) is 24.3 Å². The van der Waals surface area contributed by atoms with Gasteiger partial charge >= 0.3 is 0 Å². The van der Waals surface area contributed by atoms with Crippen molar-refractivity contribution in [2.75, 3.05) is 5.32 Å². The van der Waals surface area contributed by atoms with Crippen LogP contribution in [-0.4, -0.2) is 32.0 Å². The molecule has 9 nitrogen and oxygen atoms in total. The van der Waals surface area contributed by atoms with Gasteiger partial charge in [-0.25, -0.2) is 15.0 Å². The highest BCUT2D eigenvalue weighted by atomic mass is 79.9. The first-order valence-corrected chi connectivity index (χ1v) is 9.93. The maximum Gasteiger partial charge on any atom is 0.289 e. The summed E-state index contributed by atoms with van der Waals surface area (Å²) in [7, 11) is 0. The first kappa shape index (κ1) is 20.4. The molecule has 0 aliphatic rings. The third-order valence-electron chi connectivity index (χ3n) is 2.98. The highest BCUT2D eigenvalue weighted by molar-refractivity contribution is 9.13. The fraction of sp³-hybridized carbons (Fsp3) is 0.0833. The number of halogens is 4. The molecule has 0 radical (unpaired) electrons. The van der Waals surface area contributed by atoms with Crippen molar-refractivity contribution in [3.05, 3.63) is 45.7 Å². The molecular weight excluding hydrogens is 508 g/mol. The van der Waals surface area contributed by atoms with Crippen molar-refractivity contribution in [2.45, 2.75) is 8.27 Å². The van der Waals surface area contributed by atoms with E-state index in [2.05, 4.69) is 41.2 Å². The van der Waals surface area contributed by atoms with Gasteiger partial charge in [-0.3, -0.25) is 10.1 Å². The Morgan fingerprint density at radius 1 is 1.37 bits per heavy atom. The highest BCUT2D eigenvalue weighted by Gasteiger charge is 2.46. The first-order chi connectivity index (χ1) is 12.8. The fourth-order valence-electron chi connectivity index (χ4n) is 1.91. The molecule has 2 aromatic heterocycles. The third-order valence-corrected chi connectivity index (χ3v) is 6.91. The van der Waals surface area contributed by atoms with E-state index in [4.69, 9.17) is 23.4 Å². The number of fused-ring (bicyclic) bond motifs is 1. The van der Waals surface area contributed by atoms with E-state index in [1.165, 1.54) is 6.33 Å². The molecular formula is C12H7BrCl2FN7O2S2. The van der Waals surface area contributed by atoms with E-state index in [0.29, 0.717) is 33.8 Å². The summed E-state index contributed by atoms with van der Waals surface area (Å²) in [4.78, 5) is 26.2. The van der Waals surface area contributed by atoms with Gasteiger partial charge in [-0.05, 0) is 56.6 Å². The van der Waals surface area contributed by atoms with Gasteiger partial charge in [0.25, 0.3) is 15.1 Å². The number of aromatic amines is 1. The van der Waals surface area contributed by atoms with E-state index in [9.17, 15) is 14.6 Å². The van der Waals surface area contributed by atoms with Crippen LogP contribution in [0.4, 0.5) is 16.0 Å². The minimum absolute atomic E-state index is 0.000545. The van der Waals surface area contributed by atoms with E-state index in [1.807, 2.05) is 0 Å². The lowest BCUT2D eigenvalue weighted by atomic mass is 10.3. The second-order valence-corrected chi connectivity index (χ2v) is 10.2. The number of thioether (sulfide) groups is 1. The predicted molar refractivity (Wildman–Crippen MR) is 107 cm³/mol. The highest BCUT2D eigenvalue weighted by Crippen LogP contribution is 2.50. The summed E-state index contributed by atoms with van der Waals surface area (Å²) in [5.41, 5.74) is 1.46.